The first-order valence-electron chi connectivity index (χ1n) is 5.76. The van der Waals surface area contributed by atoms with E-state index in [9.17, 15) is 0 Å². The number of nitrogens with zero attached hydrogens (tertiary/aromatic N) is 4. The summed E-state index contributed by atoms with van der Waals surface area (Å²) in [6, 6.07) is 1.75. The minimum atomic E-state index is 0.293. The molecule has 18 heavy (non-hydrogen) atoms. The zero-order valence-corrected chi connectivity index (χ0v) is 10.7. The van der Waals surface area contributed by atoms with E-state index in [0.29, 0.717) is 23.4 Å². The smallest absolute Gasteiger partial charge is 0.199 e. The van der Waals surface area contributed by atoms with Crippen molar-refractivity contribution in [3.05, 3.63) is 29.7 Å². The van der Waals surface area contributed by atoms with Crippen molar-refractivity contribution in [1.29, 1.82) is 0 Å². The molecular weight excluding hydrogens is 228 g/mol. The average molecular weight is 244 g/mol. The van der Waals surface area contributed by atoms with Crippen LogP contribution in [0.25, 0.3) is 11.6 Å². The van der Waals surface area contributed by atoms with Crippen LogP contribution in [0.1, 0.15) is 31.0 Å². The summed E-state index contributed by atoms with van der Waals surface area (Å²) in [6.07, 6.45) is 3.32. The number of rotatable bonds is 3. The Hall–Kier alpha value is -2.08. The lowest BCUT2D eigenvalue weighted by Crippen LogP contribution is -2.15. The first-order chi connectivity index (χ1) is 8.63. The van der Waals surface area contributed by atoms with Gasteiger partial charge in [0.05, 0.1) is 0 Å². The lowest BCUT2D eigenvalue weighted by molar-refractivity contribution is 0.830. The zero-order chi connectivity index (χ0) is 13.1. The molecule has 0 unspecified atom stereocenters. The summed E-state index contributed by atoms with van der Waals surface area (Å²) < 4.78 is 0. The quantitative estimate of drug-likeness (QED) is 0.630. The molecule has 0 spiro atoms. The molecule has 2 rings (SSSR count). The fourth-order valence-electron chi connectivity index (χ4n) is 1.90. The molecular formula is C12H16N6. The monoisotopic (exact) mass is 244 g/mol. The highest BCUT2D eigenvalue weighted by Crippen LogP contribution is 2.26. The van der Waals surface area contributed by atoms with Crippen molar-refractivity contribution in [3.8, 4) is 11.6 Å². The Kier molecular flexibility index (Phi) is 3.47. The van der Waals surface area contributed by atoms with Gasteiger partial charge in [-0.2, -0.15) is 0 Å². The first-order valence-corrected chi connectivity index (χ1v) is 5.76. The molecule has 0 atom stereocenters. The standard InChI is InChI=1S/C12H16N6/c1-7(2)9-8(3)16-12(17-10(9)18-13)11-14-5-4-6-15-11/h4-7H,13H2,1-3H3,(H,16,17,18). The minimum absolute atomic E-state index is 0.293. The van der Waals surface area contributed by atoms with Crippen LogP contribution in [-0.2, 0) is 0 Å². The first kappa shape index (κ1) is 12.4. The van der Waals surface area contributed by atoms with E-state index in [4.69, 9.17) is 5.84 Å². The van der Waals surface area contributed by atoms with Crippen LogP contribution in [0, 0.1) is 6.92 Å². The molecule has 6 heteroatoms. The maximum Gasteiger partial charge on any atom is 0.199 e. The molecule has 0 saturated heterocycles. The van der Waals surface area contributed by atoms with Gasteiger partial charge in [0.25, 0.3) is 0 Å². The molecule has 2 aromatic heterocycles. The molecule has 0 amide bonds. The van der Waals surface area contributed by atoms with Crippen LogP contribution < -0.4 is 11.3 Å². The van der Waals surface area contributed by atoms with E-state index in [-0.39, 0.29) is 0 Å². The number of anilines is 1. The second kappa shape index (κ2) is 5.05. The van der Waals surface area contributed by atoms with E-state index < -0.39 is 0 Å². The predicted molar refractivity (Wildman–Crippen MR) is 69.7 cm³/mol. The topological polar surface area (TPSA) is 89.6 Å². The van der Waals surface area contributed by atoms with Gasteiger partial charge >= 0.3 is 0 Å². The summed E-state index contributed by atoms with van der Waals surface area (Å²) in [6.45, 7) is 6.08. The molecule has 0 aliphatic heterocycles. The Morgan fingerprint density at radius 1 is 1.11 bits per heavy atom. The Morgan fingerprint density at radius 3 is 2.33 bits per heavy atom. The molecule has 6 nitrogen and oxygen atoms in total. The molecule has 94 valence electrons. The van der Waals surface area contributed by atoms with Gasteiger partial charge in [-0.3, -0.25) is 0 Å². The zero-order valence-electron chi connectivity index (χ0n) is 10.7. The number of nitrogens with one attached hydrogen (secondary N) is 1. The Balaban J connectivity index is 2.56. The lowest BCUT2D eigenvalue weighted by Gasteiger charge is -2.14. The van der Waals surface area contributed by atoms with E-state index in [2.05, 4.69) is 39.2 Å². The van der Waals surface area contributed by atoms with Gasteiger partial charge in [-0.25, -0.2) is 25.8 Å². The third-order valence-electron chi connectivity index (χ3n) is 2.62. The number of nitrogen functional groups attached to an aromatic ring is 1. The number of nitrogens with two attached hydrogens (primary N) is 1. The number of aryl methyl sites for hydroxylation is 1. The summed E-state index contributed by atoms with van der Waals surface area (Å²) >= 11 is 0. The van der Waals surface area contributed by atoms with Crippen molar-refractivity contribution in [2.75, 3.05) is 5.43 Å². The molecule has 0 saturated carbocycles. The molecule has 2 aromatic rings. The van der Waals surface area contributed by atoms with Gasteiger partial charge in [0.15, 0.2) is 11.6 Å². The van der Waals surface area contributed by atoms with Gasteiger partial charge in [-0.1, -0.05) is 13.8 Å². The summed E-state index contributed by atoms with van der Waals surface area (Å²) in [7, 11) is 0. The van der Waals surface area contributed by atoms with Crippen molar-refractivity contribution in [1.82, 2.24) is 19.9 Å². The van der Waals surface area contributed by atoms with Crippen LogP contribution in [-0.4, -0.2) is 19.9 Å². The van der Waals surface area contributed by atoms with Gasteiger partial charge in [0.2, 0.25) is 0 Å². The number of hydrogen-bond acceptors (Lipinski definition) is 6. The fourth-order valence-corrected chi connectivity index (χ4v) is 1.90. The SMILES string of the molecule is Cc1nc(-c2ncccn2)nc(NN)c1C(C)C. The normalized spacial score (nSPS) is 10.7. The van der Waals surface area contributed by atoms with Crippen LogP contribution in [0.2, 0.25) is 0 Å². The highest BCUT2D eigenvalue weighted by molar-refractivity contribution is 5.54. The van der Waals surface area contributed by atoms with Crippen LogP contribution in [0.15, 0.2) is 18.5 Å². The highest BCUT2D eigenvalue weighted by atomic mass is 15.3. The molecule has 3 N–H and O–H groups in total. The third-order valence-corrected chi connectivity index (χ3v) is 2.62. The maximum atomic E-state index is 5.52. The van der Waals surface area contributed by atoms with Crippen molar-refractivity contribution in [2.24, 2.45) is 5.84 Å². The van der Waals surface area contributed by atoms with Gasteiger partial charge in [0.1, 0.15) is 5.82 Å². The summed E-state index contributed by atoms with van der Waals surface area (Å²) in [4.78, 5) is 17.1. The van der Waals surface area contributed by atoms with Crippen molar-refractivity contribution in [3.63, 3.8) is 0 Å². The van der Waals surface area contributed by atoms with Crippen LogP contribution in [0.4, 0.5) is 5.82 Å². The van der Waals surface area contributed by atoms with E-state index >= 15 is 0 Å². The Morgan fingerprint density at radius 2 is 1.78 bits per heavy atom. The molecule has 2 heterocycles. The van der Waals surface area contributed by atoms with Crippen molar-refractivity contribution in [2.45, 2.75) is 26.7 Å². The van der Waals surface area contributed by atoms with E-state index in [1.54, 1.807) is 18.5 Å². The molecule has 0 aromatic carbocycles. The highest BCUT2D eigenvalue weighted by Gasteiger charge is 2.15. The van der Waals surface area contributed by atoms with Gasteiger partial charge in [0, 0.05) is 23.7 Å². The molecule has 0 aliphatic rings. The van der Waals surface area contributed by atoms with Gasteiger partial charge in [-0.05, 0) is 18.9 Å². The summed E-state index contributed by atoms with van der Waals surface area (Å²) in [5, 5.41) is 0. The van der Waals surface area contributed by atoms with Gasteiger partial charge < -0.3 is 5.43 Å². The third kappa shape index (κ3) is 2.28. The van der Waals surface area contributed by atoms with Crippen molar-refractivity contribution < 1.29 is 0 Å². The molecule has 0 bridgehead atoms. The molecule has 0 fully saturated rings. The number of hydrazine groups is 1. The maximum absolute atomic E-state index is 5.52. The largest absolute Gasteiger partial charge is 0.308 e. The van der Waals surface area contributed by atoms with Crippen LogP contribution in [0.3, 0.4) is 0 Å². The summed E-state index contributed by atoms with van der Waals surface area (Å²) in [5.41, 5.74) is 4.52. The Labute approximate surface area is 106 Å². The lowest BCUT2D eigenvalue weighted by atomic mass is 10.0. The van der Waals surface area contributed by atoms with E-state index in [1.807, 2.05) is 6.92 Å². The predicted octanol–water partition coefficient (Wildman–Crippen LogP) is 1.65. The molecule has 0 aliphatic carbocycles. The Bertz CT molecular complexity index is 538. The van der Waals surface area contributed by atoms with E-state index in [1.165, 1.54) is 0 Å². The number of hydrogen-bond donors (Lipinski definition) is 2. The van der Waals surface area contributed by atoms with E-state index in [0.717, 1.165) is 11.3 Å². The molecule has 0 radical (unpaired) electrons. The second-order valence-corrected chi connectivity index (χ2v) is 4.27. The second-order valence-electron chi connectivity index (χ2n) is 4.27. The van der Waals surface area contributed by atoms with Gasteiger partial charge in [-0.15, -0.1) is 0 Å². The number of aromatic nitrogens is 4. The van der Waals surface area contributed by atoms with Crippen molar-refractivity contribution >= 4 is 5.82 Å². The van der Waals surface area contributed by atoms with Crippen LogP contribution in [0.5, 0.6) is 0 Å². The minimum Gasteiger partial charge on any atom is -0.308 e. The average Bonchev–Trinajstić information content (AvgIpc) is 2.38. The van der Waals surface area contributed by atoms with Crippen LogP contribution >= 0.6 is 0 Å². The fraction of sp³-hybridized carbons (Fsp3) is 0.333. The summed E-state index contributed by atoms with van der Waals surface area (Å²) in [5.74, 6) is 7.41.